The number of nitrogens with one attached hydrogen (secondary N) is 1. The van der Waals surface area contributed by atoms with Crippen LogP contribution in [-0.2, 0) is 11.3 Å². The van der Waals surface area contributed by atoms with Crippen molar-refractivity contribution in [1.29, 1.82) is 0 Å². The molecular formula is C15H28N4O. The molecule has 0 fully saturated rings. The van der Waals surface area contributed by atoms with Crippen molar-refractivity contribution in [2.75, 3.05) is 30.4 Å². The number of hydrogen-bond acceptors (Lipinski definition) is 5. The first-order valence-electron chi connectivity index (χ1n) is 7.35. The highest BCUT2D eigenvalue weighted by molar-refractivity contribution is 5.50. The molecule has 5 heteroatoms. The Hall–Kier alpha value is -1.36. The van der Waals surface area contributed by atoms with E-state index in [0.717, 1.165) is 30.5 Å². The Morgan fingerprint density at radius 3 is 2.45 bits per heavy atom. The third-order valence-corrected chi connectivity index (χ3v) is 2.87. The lowest BCUT2D eigenvalue weighted by Crippen LogP contribution is -2.35. The van der Waals surface area contributed by atoms with Gasteiger partial charge in [-0.15, -0.1) is 0 Å². The molecule has 0 aromatic carbocycles. The van der Waals surface area contributed by atoms with Crippen LogP contribution in [-0.4, -0.2) is 36.2 Å². The van der Waals surface area contributed by atoms with Crippen LogP contribution in [0.4, 0.5) is 11.6 Å². The molecule has 0 aliphatic heterocycles. The molecule has 5 nitrogen and oxygen atoms in total. The summed E-state index contributed by atoms with van der Waals surface area (Å²) in [6.07, 6.45) is 0. The molecule has 0 atom stereocenters. The van der Waals surface area contributed by atoms with Crippen molar-refractivity contribution < 1.29 is 4.74 Å². The van der Waals surface area contributed by atoms with E-state index in [1.807, 2.05) is 6.07 Å². The summed E-state index contributed by atoms with van der Waals surface area (Å²) in [6, 6.07) is 2.42. The van der Waals surface area contributed by atoms with Gasteiger partial charge in [0.05, 0.1) is 0 Å². The van der Waals surface area contributed by atoms with Gasteiger partial charge in [0.15, 0.2) is 5.82 Å². The Morgan fingerprint density at radius 2 is 1.95 bits per heavy atom. The molecule has 0 unspecified atom stereocenters. The summed E-state index contributed by atoms with van der Waals surface area (Å²) in [7, 11) is 1.66. The van der Waals surface area contributed by atoms with Crippen molar-refractivity contribution in [1.82, 2.24) is 9.97 Å². The van der Waals surface area contributed by atoms with E-state index in [1.165, 1.54) is 0 Å². The molecule has 1 N–H and O–H groups in total. The minimum absolute atomic E-state index is 0.400. The number of anilines is 2. The van der Waals surface area contributed by atoms with Crippen LogP contribution < -0.4 is 10.2 Å². The van der Waals surface area contributed by atoms with Gasteiger partial charge in [0.2, 0.25) is 0 Å². The normalized spacial score (nSPS) is 11.2. The van der Waals surface area contributed by atoms with Gasteiger partial charge in [0.1, 0.15) is 18.2 Å². The van der Waals surface area contributed by atoms with Crippen molar-refractivity contribution >= 4 is 11.6 Å². The number of ether oxygens (including phenoxy) is 1. The van der Waals surface area contributed by atoms with E-state index < -0.39 is 0 Å². The Morgan fingerprint density at radius 1 is 1.25 bits per heavy atom. The van der Waals surface area contributed by atoms with Gasteiger partial charge in [-0.2, -0.15) is 0 Å². The van der Waals surface area contributed by atoms with Gasteiger partial charge >= 0.3 is 0 Å². The molecule has 0 spiro atoms. The Bertz CT molecular complexity index is 383. The van der Waals surface area contributed by atoms with E-state index >= 15 is 0 Å². The smallest absolute Gasteiger partial charge is 0.158 e. The number of methoxy groups -OCH3 is 1. The highest BCUT2D eigenvalue weighted by Crippen LogP contribution is 2.20. The van der Waals surface area contributed by atoms with E-state index in [1.54, 1.807) is 7.11 Å². The van der Waals surface area contributed by atoms with E-state index in [9.17, 15) is 0 Å². The fourth-order valence-corrected chi connectivity index (χ4v) is 2.06. The summed E-state index contributed by atoms with van der Waals surface area (Å²) < 4.78 is 5.17. The molecule has 1 aromatic rings. The third-order valence-electron chi connectivity index (χ3n) is 2.87. The number of rotatable bonds is 8. The zero-order valence-corrected chi connectivity index (χ0v) is 13.6. The maximum Gasteiger partial charge on any atom is 0.158 e. The maximum atomic E-state index is 5.17. The number of aromatic nitrogens is 2. The lowest BCUT2D eigenvalue weighted by Gasteiger charge is -2.30. The van der Waals surface area contributed by atoms with E-state index in [4.69, 9.17) is 4.74 Å². The molecule has 0 aliphatic rings. The molecule has 0 saturated carbocycles. The highest BCUT2D eigenvalue weighted by Gasteiger charge is 2.16. The maximum absolute atomic E-state index is 5.17. The van der Waals surface area contributed by atoms with Crippen LogP contribution in [0.25, 0.3) is 0 Å². The second-order valence-electron chi connectivity index (χ2n) is 5.63. The molecule has 1 rings (SSSR count). The first-order valence-corrected chi connectivity index (χ1v) is 7.35. The average molecular weight is 280 g/mol. The van der Waals surface area contributed by atoms with Crippen LogP contribution in [0.5, 0.6) is 0 Å². The summed E-state index contributed by atoms with van der Waals surface area (Å²) in [5.41, 5.74) is 0. The zero-order valence-electron chi connectivity index (χ0n) is 13.6. The molecule has 20 heavy (non-hydrogen) atoms. The SMILES string of the molecule is CCNc1cc(N(CC(C)C)C(C)C)nc(COC)n1. The van der Waals surface area contributed by atoms with Crippen LogP contribution in [0.1, 0.15) is 40.4 Å². The van der Waals surface area contributed by atoms with Gasteiger partial charge < -0.3 is 15.0 Å². The van der Waals surface area contributed by atoms with Crippen molar-refractivity contribution in [2.45, 2.75) is 47.3 Å². The Kier molecular flexibility index (Phi) is 6.71. The molecule has 0 saturated heterocycles. The largest absolute Gasteiger partial charge is 0.377 e. The monoisotopic (exact) mass is 280 g/mol. The lowest BCUT2D eigenvalue weighted by molar-refractivity contribution is 0.178. The molecular weight excluding hydrogens is 252 g/mol. The lowest BCUT2D eigenvalue weighted by atomic mass is 10.2. The summed E-state index contributed by atoms with van der Waals surface area (Å²) in [5, 5.41) is 3.26. The van der Waals surface area contributed by atoms with E-state index in [-0.39, 0.29) is 0 Å². The number of nitrogens with zero attached hydrogens (tertiary/aromatic N) is 3. The fraction of sp³-hybridized carbons (Fsp3) is 0.733. The summed E-state index contributed by atoms with van der Waals surface area (Å²) in [6.45, 7) is 13.1. The second-order valence-corrected chi connectivity index (χ2v) is 5.63. The van der Waals surface area contributed by atoms with Gasteiger partial charge in [-0.25, -0.2) is 9.97 Å². The molecule has 0 amide bonds. The van der Waals surface area contributed by atoms with Crippen LogP contribution in [0.15, 0.2) is 6.07 Å². The average Bonchev–Trinajstić information content (AvgIpc) is 2.36. The Labute approximate surface area is 122 Å². The van der Waals surface area contributed by atoms with Crippen LogP contribution >= 0.6 is 0 Å². The topological polar surface area (TPSA) is 50.3 Å². The quantitative estimate of drug-likeness (QED) is 0.793. The first-order chi connectivity index (χ1) is 9.47. The van der Waals surface area contributed by atoms with Gasteiger partial charge in [0, 0.05) is 32.3 Å². The summed E-state index contributed by atoms with van der Waals surface area (Å²) in [5.74, 6) is 3.13. The molecule has 114 valence electrons. The van der Waals surface area contributed by atoms with Crippen molar-refractivity contribution in [3.8, 4) is 0 Å². The van der Waals surface area contributed by atoms with E-state index in [2.05, 4.69) is 54.8 Å². The van der Waals surface area contributed by atoms with E-state index in [0.29, 0.717) is 18.6 Å². The first kappa shape index (κ1) is 16.7. The fourth-order valence-electron chi connectivity index (χ4n) is 2.06. The highest BCUT2D eigenvalue weighted by atomic mass is 16.5. The van der Waals surface area contributed by atoms with Crippen molar-refractivity contribution in [3.63, 3.8) is 0 Å². The van der Waals surface area contributed by atoms with Crippen molar-refractivity contribution in [3.05, 3.63) is 11.9 Å². The molecule has 0 radical (unpaired) electrons. The standard InChI is InChI=1S/C15H28N4O/c1-7-16-13-8-15(18-14(17-13)10-20-6)19(12(4)5)9-11(2)3/h8,11-12H,7,9-10H2,1-6H3,(H,16,17,18). The summed E-state index contributed by atoms with van der Waals surface area (Å²) in [4.78, 5) is 11.4. The van der Waals surface area contributed by atoms with Gasteiger partial charge in [0.25, 0.3) is 0 Å². The molecule has 0 bridgehead atoms. The Balaban J connectivity index is 3.10. The molecule has 1 heterocycles. The number of hydrogen-bond donors (Lipinski definition) is 1. The molecule has 1 aromatic heterocycles. The van der Waals surface area contributed by atoms with Crippen molar-refractivity contribution in [2.24, 2.45) is 5.92 Å². The minimum Gasteiger partial charge on any atom is -0.377 e. The van der Waals surface area contributed by atoms with Gasteiger partial charge in [-0.1, -0.05) is 13.8 Å². The van der Waals surface area contributed by atoms with Crippen LogP contribution in [0.3, 0.4) is 0 Å². The predicted molar refractivity (Wildman–Crippen MR) is 84.2 cm³/mol. The van der Waals surface area contributed by atoms with Crippen LogP contribution in [0, 0.1) is 5.92 Å². The second kappa shape index (κ2) is 8.04. The van der Waals surface area contributed by atoms with Gasteiger partial charge in [-0.05, 0) is 26.7 Å². The summed E-state index contributed by atoms with van der Waals surface area (Å²) >= 11 is 0. The molecule has 0 aliphatic carbocycles. The minimum atomic E-state index is 0.400. The predicted octanol–water partition coefficient (Wildman–Crippen LogP) is 2.93. The van der Waals surface area contributed by atoms with Gasteiger partial charge in [-0.3, -0.25) is 0 Å². The third kappa shape index (κ3) is 4.96. The van der Waals surface area contributed by atoms with Crippen LogP contribution in [0.2, 0.25) is 0 Å². The zero-order chi connectivity index (χ0) is 15.1.